The number of hydrogen-bond acceptors (Lipinski definition) is 3. The van der Waals surface area contributed by atoms with Gasteiger partial charge in [0, 0.05) is 5.56 Å². The van der Waals surface area contributed by atoms with Gasteiger partial charge < -0.3 is 10.4 Å². The largest absolute Gasteiger partial charge is 0.380 e. The van der Waals surface area contributed by atoms with Crippen molar-refractivity contribution in [1.82, 2.24) is 5.32 Å². The molecule has 1 fully saturated rings. The highest BCUT2D eigenvalue weighted by molar-refractivity contribution is 6.34. The van der Waals surface area contributed by atoms with Crippen molar-refractivity contribution in [3.8, 4) is 0 Å². The zero-order valence-corrected chi connectivity index (χ0v) is 15.3. The number of nitrogens with one attached hydrogen (secondary N) is 1. The molecular weight excluding hydrogens is 326 g/mol. The summed E-state index contributed by atoms with van der Waals surface area (Å²) in [4.78, 5) is 24.9. The second kappa shape index (κ2) is 7.66. The Bertz CT molecular complexity index is 616. The second-order valence-corrected chi connectivity index (χ2v) is 7.65. The zero-order chi connectivity index (χ0) is 17.9. The van der Waals surface area contributed by atoms with Crippen LogP contribution in [0.4, 0.5) is 0 Å². The number of ketones is 1. The summed E-state index contributed by atoms with van der Waals surface area (Å²) in [7, 11) is 0. The van der Waals surface area contributed by atoms with Gasteiger partial charge in [0.2, 0.25) is 0 Å². The molecule has 4 nitrogen and oxygen atoms in total. The molecule has 0 radical (unpaired) electrons. The molecule has 0 aromatic heterocycles. The zero-order valence-electron chi connectivity index (χ0n) is 14.5. The van der Waals surface area contributed by atoms with Gasteiger partial charge in [0.15, 0.2) is 5.78 Å². The molecule has 5 heteroatoms. The predicted octanol–water partition coefficient (Wildman–Crippen LogP) is 3.46. The molecule has 2 unspecified atom stereocenters. The van der Waals surface area contributed by atoms with Crippen LogP contribution in [0, 0.1) is 17.8 Å². The Kier molecular flexibility index (Phi) is 6.05. The summed E-state index contributed by atoms with van der Waals surface area (Å²) < 4.78 is 0. The van der Waals surface area contributed by atoms with Crippen molar-refractivity contribution >= 4 is 23.3 Å². The minimum Gasteiger partial charge on any atom is -0.380 e. The fraction of sp³-hybridized carbons (Fsp3) is 0.579. The lowest BCUT2D eigenvalue weighted by molar-refractivity contribution is -0.155. The van der Waals surface area contributed by atoms with E-state index in [0.29, 0.717) is 17.0 Å². The van der Waals surface area contributed by atoms with Crippen LogP contribution in [0.3, 0.4) is 0 Å². The van der Waals surface area contributed by atoms with Gasteiger partial charge in [0.05, 0.1) is 11.6 Å². The summed E-state index contributed by atoms with van der Waals surface area (Å²) >= 11 is 6.01. The first-order chi connectivity index (χ1) is 11.3. The van der Waals surface area contributed by atoms with E-state index in [1.54, 1.807) is 24.3 Å². The topological polar surface area (TPSA) is 66.4 Å². The van der Waals surface area contributed by atoms with Crippen LogP contribution in [0.15, 0.2) is 24.3 Å². The number of aliphatic hydroxyl groups is 1. The standard InChI is InChI=1S/C19H26ClNO3/c1-12(2)15-9-8-13(3)10-19(15,24)18(23)21-11-17(22)14-6-4-5-7-16(14)20/h4-7,12-13,15,24H,8-11H2,1-3H3,(H,21,23)/t13?,15?,19-/m1/s1. The van der Waals surface area contributed by atoms with E-state index in [1.165, 1.54) is 0 Å². The van der Waals surface area contributed by atoms with Crippen molar-refractivity contribution in [2.45, 2.75) is 45.6 Å². The summed E-state index contributed by atoms with van der Waals surface area (Å²) in [5.41, 5.74) is -1.03. The van der Waals surface area contributed by atoms with Crippen LogP contribution >= 0.6 is 11.6 Å². The number of carbonyl (C=O) groups is 2. The lowest BCUT2D eigenvalue weighted by atomic mass is 9.66. The van der Waals surface area contributed by atoms with E-state index in [2.05, 4.69) is 5.32 Å². The Labute approximate surface area is 148 Å². The summed E-state index contributed by atoms with van der Waals surface area (Å²) in [6.07, 6.45) is 2.26. The van der Waals surface area contributed by atoms with Gasteiger partial charge in [0.25, 0.3) is 5.91 Å². The van der Waals surface area contributed by atoms with E-state index in [-0.39, 0.29) is 30.1 Å². The van der Waals surface area contributed by atoms with Crippen molar-refractivity contribution in [3.05, 3.63) is 34.9 Å². The number of hydrogen-bond donors (Lipinski definition) is 2. The minimum absolute atomic E-state index is 0.0934. The Hall–Kier alpha value is -1.39. The molecule has 0 aliphatic heterocycles. The summed E-state index contributed by atoms with van der Waals surface area (Å²) in [6, 6.07) is 6.75. The normalized spacial score (nSPS) is 27.1. The fourth-order valence-corrected chi connectivity index (χ4v) is 3.97. The van der Waals surface area contributed by atoms with Crippen LogP contribution in [-0.4, -0.2) is 28.9 Å². The molecule has 132 valence electrons. The van der Waals surface area contributed by atoms with E-state index in [9.17, 15) is 14.7 Å². The number of halogens is 1. The van der Waals surface area contributed by atoms with Crippen LogP contribution in [0.1, 0.15) is 50.4 Å². The van der Waals surface area contributed by atoms with Gasteiger partial charge >= 0.3 is 0 Å². The SMILES string of the molecule is CC1CCC(C(C)C)[C@@](O)(C(=O)NCC(=O)c2ccccc2Cl)C1. The van der Waals surface area contributed by atoms with E-state index < -0.39 is 11.5 Å². The van der Waals surface area contributed by atoms with Crippen molar-refractivity contribution < 1.29 is 14.7 Å². The van der Waals surface area contributed by atoms with Crippen LogP contribution < -0.4 is 5.32 Å². The van der Waals surface area contributed by atoms with Crippen molar-refractivity contribution in [3.63, 3.8) is 0 Å². The molecule has 1 aliphatic carbocycles. The third-order valence-electron chi connectivity index (χ3n) is 5.03. The number of Topliss-reactive ketones (excluding diaryl/α,β-unsaturated/α-hetero) is 1. The molecule has 0 spiro atoms. The van der Waals surface area contributed by atoms with Crippen LogP contribution in [0.5, 0.6) is 0 Å². The highest BCUT2D eigenvalue weighted by Gasteiger charge is 2.48. The van der Waals surface area contributed by atoms with Gasteiger partial charge in [-0.15, -0.1) is 0 Å². The molecule has 3 atom stereocenters. The maximum Gasteiger partial charge on any atom is 0.252 e. The lowest BCUT2D eigenvalue weighted by Gasteiger charge is -2.43. The van der Waals surface area contributed by atoms with Crippen molar-refractivity contribution in [1.29, 1.82) is 0 Å². The number of carbonyl (C=O) groups excluding carboxylic acids is 2. The van der Waals surface area contributed by atoms with Crippen LogP contribution in [0.2, 0.25) is 5.02 Å². The summed E-state index contributed by atoms with van der Waals surface area (Å²) in [6.45, 7) is 5.93. The Morgan fingerprint density at radius 3 is 2.62 bits per heavy atom. The highest BCUT2D eigenvalue weighted by Crippen LogP contribution is 2.41. The van der Waals surface area contributed by atoms with E-state index >= 15 is 0 Å². The molecule has 1 amide bonds. The fourth-order valence-electron chi connectivity index (χ4n) is 3.73. The molecule has 0 bridgehead atoms. The Morgan fingerprint density at radius 2 is 2.00 bits per heavy atom. The van der Waals surface area contributed by atoms with E-state index in [1.807, 2.05) is 20.8 Å². The lowest BCUT2D eigenvalue weighted by Crippen LogP contribution is -2.57. The number of rotatable bonds is 5. The molecule has 0 heterocycles. The third kappa shape index (κ3) is 3.98. The molecule has 1 aliphatic rings. The van der Waals surface area contributed by atoms with Crippen LogP contribution in [0.25, 0.3) is 0 Å². The number of amides is 1. The first-order valence-electron chi connectivity index (χ1n) is 8.54. The van der Waals surface area contributed by atoms with Crippen molar-refractivity contribution in [2.75, 3.05) is 6.54 Å². The molecule has 1 aromatic carbocycles. The maximum absolute atomic E-state index is 12.7. The minimum atomic E-state index is -1.41. The number of benzene rings is 1. The van der Waals surface area contributed by atoms with Gasteiger partial charge in [-0.1, -0.05) is 50.9 Å². The van der Waals surface area contributed by atoms with E-state index in [0.717, 1.165) is 12.8 Å². The first-order valence-corrected chi connectivity index (χ1v) is 8.92. The Balaban J connectivity index is 2.07. The molecule has 2 rings (SSSR count). The highest BCUT2D eigenvalue weighted by atomic mass is 35.5. The molecule has 1 aromatic rings. The third-order valence-corrected chi connectivity index (χ3v) is 5.35. The molecule has 24 heavy (non-hydrogen) atoms. The van der Waals surface area contributed by atoms with Gasteiger partial charge in [-0.25, -0.2) is 0 Å². The average Bonchev–Trinajstić information content (AvgIpc) is 2.52. The monoisotopic (exact) mass is 351 g/mol. The molecule has 0 saturated heterocycles. The average molecular weight is 352 g/mol. The first kappa shape index (κ1) is 18.9. The predicted molar refractivity (Wildman–Crippen MR) is 95.1 cm³/mol. The van der Waals surface area contributed by atoms with Gasteiger partial charge in [-0.05, 0) is 42.7 Å². The Morgan fingerprint density at radius 1 is 1.33 bits per heavy atom. The second-order valence-electron chi connectivity index (χ2n) is 7.25. The molecular formula is C19H26ClNO3. The molecule has 1 saturated carbocycles. The van der Waals surface area contributed by atoms with Gasteiger partial charge in [0.1, 0.15) is 5.60 Å². The smallest absolute Gasteiger partial charge is 0.252 e. The quantitative estimate of drug-likeness (QED) is 0.798. The van der Waals surface area contributed by atoms with Crippen LogP contribution in [-0.2, 0) is 4.79 Å². The van der Waals surface area contributed by atoms with Gasteiger partial charge in [-0.3, -0.25) is 9.59 Å². The van der Waals surface area contributed by atoms with Gasteiger partial charge in [-0.2, -0.15) is 0 Å². The molecule has 2 N–H and O–H groups in total. The summed E-state index contributed by atoms with van der Waals surface area (Å²) in [5, 5.41) is 14.0. The van der Waals surface area contributed by atoms with Crippen molar-refractivity contribution in [2.24, 2.45) is 17.8 Å². The maximum atomic E-state index is 12.7. The summed E-state index contributed by atoms with van der Waals surface area (Å²) in [5.74, 6) is -0.317. The van der Waals surface area contributed by atoms with E-state index in [4.69, 9.17) is 11.6 Å².